The van der Waals surface area contributed by atoms with Crippen LogP contribution in [0.3, 0.4) is 0 Å². The van der Waals surface area contributed by atoms with Gasteiger partial charge in [0.1, 0.15) is 5.69 Å². The minimum atomic E-state index is -0.615. The predicted octanol–water partition coefficient (Wildman–Crippen LogP) is 5.06. The summed E-state index contributed by atoms with van der Waals surface area (Å²) >= 11 is 0. The molecule has 0 aliphatic heterocycles. The van der Waals surface area contributed by atoms with Crippen molar-refractivity contribution in [3.8, 4) is 0 Å². The van der Waals surface area contributed by atoms with Crippen LogP contribution in [0.25, 0.3) is 0 Å². The van der Waals surface area contributed by atoms with Gasteiger partial charge in [-0.1, -0.05) is 26.3 Å². The summed E-state index contributed by atoms with van der Waals surface area (Å²) in [5.41, 5.74) is 3.92. The molecule has 1 aromatic rings. The maximum atomic E-state index is 12.5. The minimum absolute atomic E-state index is 0.0157. The molecular weight excluding hydrogens is 402 g/mol. The summed E-state index contributed by atoms with van der Waals surface area (Å²) in [5.74, 6) is -0.112. The molecule has 2 N–H and O–H groups in total. The first-order chi connectivity index (χ1) is 15.1. The highest BCUT2D eigenvalue weighted by atomic mass is 16.4. The van der Waals surface area contributed by atoms with Crippen molar-refractivity contribution in [2.75, 3.05) is 0 Å². The third-order valence-electron chi connectivity index (χ3n) is 10.1. The second-order valence-electron chi connectivity index (χ2n) is 11.8. The van der Waals surface area contributed by atoms with Crippen LogP contribution >= 0.6 is 0 Å². The maximum Gasteiger partial charge on any atom is 0.309 e. The quantitative estimate of drug-likeness (QED) is 0.647. The Morgan fingerprint density at radius 2 is 1.88 bits per heavy atom. The fourth-order valence-electron chi connectivity index (χ4n) is 8.63. The number of carbonyl (C=O) groups is 2. The number of nitrogens with zero attached hydrogens (tertiary/aromatic N) is 2. The molecule has 6 heteroatoms. The van der Waals surface area contributed by atoms with E-state index in [2.05, 4.69) is 29.4 Å². The van der Waals surface area contributed by atoms with Crippen molar-refractivity contribution in [1.82, 2.24) is 10.4 Å². The Hall–Kier alpha value is -2.24. The molecule has 6 atom stereocenters. The molecule has 172 valence electrons. The smallest absolute Gasteiger partial charge is 0.309 e. The zero-order valence-electron chi connectivity index (χ0n) is 19.5. The average molecular weight is 438 g/mol. The second kappa shape index (κ2) is 7.13. The molecule has 4 aliphatic carbocycles. The van der Waals surface area contributed by atoms with Crippen LogP contribution in [-0.2, 0) is 4.79 Å². The van der Waals surface area contributed by atoms with Crippen LogP contribution in [0.2, 0.25) is 0 Å². The van der Waals surface area contributed by atoms with Crippen LogP contribution in [0.5, 0.6) is 0 Å². The summed E-state index contributed by atoms with van der Waals surface area (Å²) in [6.45, 7) is 6.70. The van der Waals surface area contributed by atoms with Gasteiger partial charge in [-0.25, -0.2) is 5.43 Å². The van der Waals surface area contributed by atoms with E-state index in [0.717, 1.165) is 63.5 Å². The molecule has 4 saturated carbocycles. The van der Waals surface area contributed by atoms with Gasteiger partial charge in [0.25, 0.3) is 5.91 Å². The van der Waals surface area contributed by atoms with Gasteiger partial charge in [0.2, 0.25) is 0 Å². The zero-order valence-corrected chi connectivity index (χ0v) is 19.5. The van der Waals surface area contributed by atoms with Crippen molar-refractivity contribution in [3.05, 3.63) is 30.1 Å². The van der Waals surface area contributed by atoms with Gasteiger partial charge >= 0.3 is 5.97 Å². The van der Waals surface area contributed by atoms with E-state index < -0.39 is 11.4 Å². The van der Waals surface area contributed by atoms with Gasteiger partial charge in [-0.3, -0.25) is 14.6 Å². The number of carboxylic acids is 1. The van der Waals surface area contributed by atoms with E-state index in [4.69, 9.17) is 0 Å². The standard InChI is InChI=1S/C26H35N3O3/c1-23-12-8-19-24(2)10-6-11-25(3,22(31)32)18(24)9-13-26(19,16-23)15-20(23)28-29-21(30)17-7-4-5-14-27-17/h4-5,7,14,18-19H,6,8-13,15-16H2,1-3H3,(H,29,30)(H,31,32)/b28-20-/t18-,19-,23-,24+,25+,26-/m0/s1. The molecule has 5 rings (SSSR count). The number of aliphatic carboxylic acids is 1. The maximum absolute atomic E-state index is 12.5. The van der Waals surface area contributed by atoms with E-state index in [1.54, 1.807) is 24.4 Å². The van der Waals surface area contributed by atoms with Gasteiger partial charge in [-0.2, -0.15) is 5.10 Å². The van der Waals surface area contributed by atoms with E-state index in [0.29, 0.717) is 11.6 Å². The molecule has 1 aromatic heterocycles. The lowest BCUT2D eigenvalue weighted by Crippen LogP contribution is -2.58. The third-order valence-corrected chi connectivity index (χ3v) is 10.1. The molecule has 0 radical (unpaired) electrons. The Kier molecular flexibility index (Phi) is 4.81. The molecule has 4 aliphatic rings. The van der Waals surface area contributed by atoms with E-state index in [-0.39, 0.29) is 28.1 Å². The van der Waals surface area contributed by atoms with Crippen molar-refractivity contribution in [2.24, 2.45) is 38.6 Å². The van der Waals surface area contributed by atoms with Crippen LogP contribution in [0.15, 0.2) is 29.5 Å². The Bertz CT molecular complexity index is 978. The molecule has 4 fully saturated rings. The highest BCUT2D eigenvalue weighted by Gasteiger charge is 2.67. The van der Waals surface area contributed by atoms with Crippen LogP contribution in [0, 0.1) is 33.5 Å². The summed E-state index contributed by atoms with van der Waals surface area (Å²) in [4.78, 5) is 28.9. The summed E-state index contributed by atoms with van der Waals surface area (Å²) in [6, 6.07) is 5.29. The Labute approximate surface area is 190 Å². The summed E-state index contributed by atoms with van der Waals surface area (Å²) in [6.07, 6.45) is 10.8. The first-order valence-electron chi connectivity index (χ1n) is 12.1. The van der Waals surface area contributed by atoms with Crippen molar-refractivity contribution in [3.63, 3.8) is 0 Å². The number of hydrogen-bond donors (Lipinski definition) is 2. The van der Waals surface area contributed by atoms with Crippen molar-refractivity contribution in [1.29, 1.82) is 0 Å². The number of rotatable bonds is 3. The number of pyridine rings is 1. The number of amides is 1. The van der Waals surface area contributed by atoms with Gasteiger partial charge < -0.3 is 5.11 Å². The van der Waals surface area contributed by atoms with Crippen molar-refractivity contribution >= 4 is 17.6 Å². The van der Waals surface area contributed by atoms with Gasteiger partial charge in [0.05, 0.1) is 5.41 Å². The summed E-state index contributed by atoms with van der Waals surface area (Å²) in [7, 11) is 0. The number of hydrazone groups is 1. The number of aromatic nitrogens is 1. The molecule has 1 spiro atoms. The largest absolute Gasteiger partial charge is 0.481 e. The van der Waals surface area contributed by atoms with Gasteiger partial charge in [-0.05, 0) is 93.1 Å². The summed E-state index contributed by atoms with van der Waals surface area (Å²) < 4.78 is 0. The van der Waals surface area contributed by atoms with Gasteiger partial charge in [0.15, 0.2) is 0 Å². The number of carbonyl (C=O) groups excluding carboxylic acids is 1. The fourth-order valence-corrected chi connectivity index (χ4v) is 8.63. The molecule has 2 bridgehead atoms. The van der Waals surface area contributed by atoms with Gasteiger partial charge in [0, 0.05) is 17.3 Å². The lowest BCUT2D eigenvalue weighted by molar-refractivity contribution is -0.182. The van der Waals surface area contributed by atoms with E-state index in [9.17, 15) is 14.7 Å². The molecule has 0 aromatic carbocycles. The monoisotopic (exact) mass is 437 g/mol. The van der Waals surface area contributed by atoms with Crippen LogP contribution in [-0.4, -0.2) is 27.7 Å². The van der Waals surface area contributed by atoms with E-state index in [1.165, 1.54) is 0 Å². The Morgan fingerprint density at radius 3 is 2.59 bits per heavy atom. The molecule has 0 saturated heterocycles. The predicted molar refractivity (Wildman–Crippen MR) is 122 cm³/mol. The molecule has 1 heterocycles. The molecule has 6 nitrogen and oxygen atoms in total. The fraction of sp³-hybridized carbons (Fsp3) is 0.692. The highest BCUT2D eigenvalue weighted by molar-refractivity contribution is 5.96. The normalized spacial score (nSPS) is 43.9. The topological polar surface area (TPSA) is 91.6 Å². The van der Waals surface area contributed by atoms with Crippen molar-refractivity contribution < 1.29 is 14.7 Å². The van der Waals surface area contributed by atoms with Crippen molar-refractivity contribution in [2.45, 2.75) is 78.6 Å². The number of nitrogens with one attached hydrogen (secondary N) is 1. The second-order valence-corrected chi connectivity index (χ2v) is 11.8. The molecule has 1 amide bonds. The molecule has 32 heavy (non-hydrogen) atoms. The molecule has 0 unspecified atom stereocenters. The number of hydrogen-bond acceptors (Lipinski definition) is 4. The zero-order chi connectivity index (χ0) is 22.8. The number of carboxylic acid groups (broad SMARTS) is 1. The summed E-state index contributed by atoms with van der Waals surface area (Å²) in [5, 5.41) is 14.8. The van der Waals surface area contributed by atoms with Crippen LogP contribution < -0.4 is 5.43 Å². The molecular formula is C26H35N3O3. The van der Waals surface area contributed by atoms with E-state index in [1.807, 2.05) is 6.92 Å². The minimum Gasteiger partial charge on any atom is -0.481 e. The van der Waals surface area contributed by atoms with Crippen LogP contribution in [0.1, 0.15) is 89.0 Å². The Balaban J connectivity index is 1.42. The Morgan fingerprint density at radius 1 is 1.09 bits per heavy atom. The lowest BCUT2D eigenvalue weighted by Gasteiger charge is -2.63. The van der Waals surface area contributed by atoms with Crippen LogP contribution in [0.4, 0.5) is 0 Å². The first kappa shape index (κ1) is 21.6. The SMILES string of the molecule is C[C@@]12CC[C@@H]3[C@@](CC[C@H]4[C@@]3(C)CCC[C@@]4(C)C(=O)O)(C/C1=N/NC(=O)c1ccccn1)C2. The average Bonchev–Trinajstić information content (AvgIpc) is 2.96. The van der Waals surface area contributed by atoms with Gasteiger partial charge in [-0.15, -0.1) is 0 Å². The lowest BCUT2D eigenvalue weighted by atomic mass is 9.40. The highest BCUT2D eigenvalue weighted by Crippen LogP contribution is 2.73. The first-order valence-corrected chi connectivity index (χ1v) is 12.1. The van der Waals surface area contributed by atoms with E-state index >= 15 is 0 Å². The number of fused-ring (bicyclic) bond motifs is 3. The third kappa shape index (κ3) is 2.97.